The number of amides is 1. The van der Waals surface area contributed by atoms with Crippen molar-refractivity contribution in [3.05, 3.63) is 47.1 Å². The average molecular weight is 538 g/mol. The van der Waals surface area contributed by atoms with Crippen LogP contribution in [0.15, 0.2) is 36.4 Å². The molecule has 1 amide bonds. The zero-order valence-electron chi connectivity index (χ0n) is 20.6. The van der Waals surface area contributed by atoms with E-state index in [1.807, 2.05) is 13.0 Å². The number of piperazine rings is 1. The number of rotatable bonds is 7. The SMILES string of the molecule is Cc1nc(N2CCN(C(C)C)CC2)nc2ccc(NC(=O)COc3cccc(OC(F)(F)F)c3Cl)cc12. The highest BCUT2D eigenvalue weighted by Crippen LogP contribution is 2.36. The fourth-order valence-electron chi connectivity index (χ4n) is 4.07. The summed E-state index contributed by atoms with van der Waals surface area (Å²) in [6.07, 6.45) is -4.90. The number of fused-ring (bicyclic) bond motifs is 1. The molecule has 3 aromatic rings. The molecule has 37 heavy (non-hydrogen) atoms. The van der Waals surface area contributed by atoms with Crippen molar-refractivity contribution in [3.63, 3.8) is 0 Å². The summed E-state index contributed by atoms with van der Waals surface area (Å²) in [7, 11) is 0. The van der Waals surface area contributed by atoms with Gasteiger partial charge in [0.1, 0.15) is 10.8 Å². The average Bonchev–Trinajstić information content (AvgIpc) is 2.84. The molecule has 1 N–H and O–H groups in total. The molecule has 0 unspecified atom stereocenters. The number of hydrogen-bond donors (Lipinski definition) is 1. The Morgan fingerprint density at radius 3 is 2.49 bits per heavy atom. The number of ether oxygens (including phenoxy) is 2. The molecular formula is C25H27ClF3N5O3. The Morgan fingerprint density at radius 2 is 1.81 bits per heavy atom. The van der Waals surface area contributed by atoms with Crippen LogP contribution in [-0.4, -0.2) is 66.0 Å². The van der Waals surface area contributed by atoms with Crippen LogP contribution >= 0.6 is 11.6 Å². The van der Waals surface area contributed by atoms with Gasteiger partial charge in [0, 0.05) is 43.3 Å². The number of benzene rings is 2. The van der Waals surface area contributed by atoms with Crippen molar-refractivity contribution in [2.75, 3.05) is 43.0 Å². The Labute approximate surface area is 217 Å². The maximum Gasteiger partial charge on any atom is 0.573 e. The lowest BCUT2D eigenvalue weighted by Gasteiger charge is -2.37. The summed E-state index contributed by atoms with van der Waals surface area (Å²) in [6, 6.07) is 9.49. The van der Waals surface area contributed by atoms with Gasteiger partial charge in [-0.15, -0.1) is 13.2 Å². The van der Waals surface area contributed by atoms with E-state index < -0.39 is 24.6 Å². The molecule has 1 fully saturated rings. The van der Waals surface area contributed by atoms with Crippen molar-refractivity contribution in [3.8, 4) is 11.5 Å². The molecule has 0 radical (unpaired) electrons. The van der Waals surface area contributed by atoms with Crippen LogP contribution in [0.4, 0.5) is 24.8 Å². The lowest BCUT2D eigenvalue weighted by atomic mass is 10.1. The van der Waals surface area contributed by atoms with Crippen molar-refractivity contribution < 1.29 is 27.4 Å². The maximum absolute atomic E-state index is 12.5. The van der Waals surface area contributed by atoms with E-state index in [1.165, 1.54) is 12.1 Å². The van der Waals surface area contributed by atoms with Crippen LogP contribution in [0, 0.1) is 6.92 Å². The Kier molecular flexibility index (Phi) is 7.93. The molecule has 198 valence electrons. The van der Waals surface area contributed by atoms with Gasteiger partial charge in [-0.25, -0.2) is 9.97 Å². The van der Waals surface area contributed by atoms with Gasteiger partial charge in [0.2, 0.25) is 5.95 Å². The van der Waals surface area contributed by atoms with Gasteiger partial charge in [0.05, 0.1) is 11.2 Å². The smallest absolute Gasteiger partial charge is 0.482 e. The van der Waals surface area contributed by atoms with Gasteiger partial charge in [-0.3, -0.25) is 9.69 Å². The largest absolute Gasteiger partial charge is 0.573 e. The van der Waals surface area contributed by atoms with Gasteiger partial charge in [-0.1, -0.05) is 17.7 Å². The summed E-state index contributed by atoms with van der Waals surface area (Å²) in [6.45, 7) is 9.42. The molecule has 0 atom stereocenters. The molecule has 0 aliphatic carbocycles. The van der Waals surface area contributed by atoms with Crippen molar-refractivity contribution >= 4 is 40.0 Å². The lowest BCUT2D eigenvalue weighted by Crippen LogP contribution is -2.49. The van der Waals surface area contributed by atoms with E-state index in [0.717, 1.165) is 48.8 Å². The number of anilines is 2. The van der Waals surface area contributed by atoms with E-state index in [4.69, 9.17) is 21.3 Å². The van der Waals surface area contributed by atoms with Crippen LogP contribution in [0.1, 0.15) is 19.5 Å². The van der Waals surface area contributed by atoms with E-state index in [1.54, 1.807) is 12.1 Å². The summed E-state index contributed by atoms with van der Waals surface area (Å²) in [5.74, 6) is -0.552. The number of nitrogens with one attached hydrogen (secondary N) is 1. The molecule has 2 aromatic carbocycles. The monoisotopic (exact) mass is 537 g/mol. The molecule has 2 heterocycles. The minimum atomic E-state index is -4.90. The number of aromatic nitrogens is 2. The molecule has 1 aromatic heterocycles. The van der Waals surface area contributed by atoms with E-state index >= 15 is 0 Å². The number of carbonyl (C=O) groups is 1. The van der Waals surface area contributed by atoms with Crippen molar-refractivity contribution in [2.24, 2.45) is 0 Å². The van der Waals surface area contributed by atoms with Crippen LogP contribution in [0.3, 0.4) is 0 Å². The predicted octanol–water partition coefficient (Wildman–Crippen LogP) is 5.04. The highest BCUT2D eigenvalue weighted by Gasteiger charge is 2.32. The number of hydrogen-bond acceptors (Lipinski definition) is 7. The number of halogens is 4. The van der Waals surface area contributed by atoms with Crippen molar-refractivity contribution in [1.82, 2.24) is 14.9 Å². The van der Waals surface area contributed by atoms with Crippen molar-refractivity contribution in [1.29, 1.82) is 0 Å². The van der Waals surface area contributed by atoms with Crippen molar-refractivity contribution in [2.45, 2.75) is 33.2 Å². The topological polar surface area (TPSA) is 79.8 Å². The highest BCUT2D eigenvalue weighted by molar-refractivity contribution is 6.33. The molecule has 0 bridgehead atoms. The zero-order valence-corrected chi connectivity index (χ0v) is 21.4. The first-order valence-electron chi connectivity index (χ1n) is 11.7. The molecule has 8 nitrogen and oxygen atoms in total. The number of carbonyl (C=O) groups excluding carboxylic acids is 1. The Hall–Kier alpha value is -3.31. The molecular weight excluding hydrogens is 511 g/mol. The fourth-order valence-corrected chi connectivity index (χ4v) is 4.29. The first-order valence-corrected chi connectivity index (χ1v) is 12.1. The Morgan fingerprint density at radius 1 is 1.11 bits per heavy atom. The first-order chi connectivity index (χ1) is 17.5. The van der Waals surface area contributed by atoms with E-state index in [9.17, 15) is 18.0 Å². The van der Waals surface area contributed by atoms with Crippen LogP contribution in [0.5, 0.6) is 11.5 Å². The normalized spacial score (nSPS) is 14.8. The van der Waals surface area contributed by atoms with Crippen LogP contribution in [0.2, 0.25) is 5.02 Å². The van der Waals surface area contributed by atoms with Gasteiger partial charge < -0.3 is 19.7 Å². The summed E-state index contributed by atoms with van der Waals surface area (Å²) >= 11 is 5.93. The lowest BCUT2D eigenvalue weighted by molar-refractivity contribution is -0.274. The van der Waals surface area contributed by atoms with E-state index in [-0.39, 0.29) is 10.8 Å². The Bertz CT molecular complexity index is 1280. The molecule has 4 rings (SSSR count). The molecule has 1 aliphatic rings. The number of alkyl halides is 3. The quantitative estimate of drug-likeness (QED) is 0.452. The van der Waals surface area contributed by atoms with Gasteiger partial charge in [0.15, 0.2) is 12.4 Å². The Balaban J connectivity index is 1.40. The van der Waals surface area contributed by atoms with Gasteiger partial charge in [-0.05, 0) is 51.1 Å². The third kappa shape index (κ3) is 6.72. The predicted molar refractivity (Wildman–Crippen MR) is 135 cm³/mol. The maximum atomic E-state index is 12.5. The third-order valence-electron chi connectivity index (χ3n) is 6.00. The second kappa shape index (κ2) is 11.0. The van der Waals surface area contributed by atoms with Gasteiger partial charge >= 0.3 is 6.36 Å². The summed E-state index contributed by atoms with van der Waals surface area (Å²) in [5, 5.41) is 3.12. The molecule has 0 saturated carbocycles. The first kappa shape index (κ1) is 26.7. The molecule has 0 spiro atoms. The molecule has 1 saturated heterocycles. The fraction of sp³-hybridized carbons (Fsp3) is 0.400. The highest BCUT2D eigenvalue weighted by atomic mass is 35.5. The minimum Gasteiger partial charge on any atom is -0.482 e. The number of aryl methyl sites for hydroxylation is 1. The molecule has 12 heteroatoms. The molecule has 1 aliphatic heterocycles. The summed E-state index contributed by atoms with van der Waals surface area (Å²) < 4.78 is 46.7. The zero-order chi connectivity index (χ0) is 26.7. The third-order valence-corrected chi connectivity index (χ3v) is 6.37. The summed E-state index contributed by atoms with van der Waals surface area (Å²) in [4.78, 5) is 26.4. The number of nitrogens with zero attached hydrogens (tertiary/aromatic N) is 4. The van der Waals surface area contributed by atoms with Crippen LogP contribution in [-0.2, 0) is 4.79 Å². The van der Waals surface area contributed by atoms with Crippen LogP contribution < -0.4 is 19.7 Å². The van der Waals surface area contributed by atoms with Gasteiger partial charge in [-0.2, -0.15) is 0 Å². The minimum absolute atomic E-state index is 0.108. The van der Waals surface area contributed by atoms with Gasteiger partial charge in [0.25, 0.3) is 5.91 Å². The summed E-state index contributed by atoms with van der Waals surface area (Å²) in [5.41, 5.74) is 2.05. The second-order valence-corrected chi connectivity index (χ2v) is 9.29. The van der Waals surface area contributed by atoms with Crippen LogP contribution in [0.25, 0.3) is 10.9 Å². The standard InChI is InChI=1S/C25H27ClF3N5O3/c1-15(2)33-9-11-34(12-10-33)24-30-16(3)18-13-17(7-8-19(18)32-24)31-22(35)14-36-20-5-4-6-21(23(20)26)37-25(27,28)29/h4-8,13,15H,9-12,14H2,1-3H3,(H,31,35). The van der Waals surface area contributed by atoms with E-state index in [0.29, 0.717) is 17.7 Å². The second-order valence-electron chi connectivity index (χ2n) is 8.91. The van der Waals surface area contributed by atoms with E-state index in [2.05, 4.69) is 38.7 Å².